The second kappa shape index (κ2) is 10.1. The Morgan fingerprint density at radius 1 is 1.23 bits per heavy atom. The van der Waals surface area contributed by atoms with E-state index >= 15 is 0 Å². The van der Waals surface area contributed by atoms with Crippen LogP contribution in [0.2, 0.25) is 0 Å². The summed E-state index contributed by atoms with van der Waals surface area (Å²) in [6.45, 7) is 7.35. The predicted octanol–water partition coefficient (Wildman–Crippen LogP) is 3.46. The van der Waals surface area contributed by atoms with E-state index in [0.717, 1.165) is 18.6 Å². The monoisotopic (exact) mass is 327 g/mol. The lowest BCUT2D eigenvalue weighted by Crippen LogP contribution is -2.40. The Bertz CT molecular complexity index is 433. The lowest BCUT2D eigenvalue weighted by molar-refractivity contribution is 0.174. The van der Waals surface area contributed by atoms with Gasteiger partial charge in [0.15, 0.2) is 0 Å². The Morgan fingerprint density at radius 2 is 1.95 bits per heavy atom. The minimum Gasteiger partial charge on any atom is -0.491 e. The zero-order valence-electron chi connectivity index (χ0n) is 13.9. The highest BCUT2D eigenvalue weighted by molar-refractivity contribution is 5.85. The van der Waals surface area contributed by atoms with E-state index in [0.29, 0.717) is 12.6 Å². The van der Waals surface area contributed by atoms with Crippen LogP contribution in [0.5, 0.6) is 5.75 Å². The van der Waals surface area contributed by atoms with Crippen LogP contribution < -0.4 is 4.74 Å². The molecule has 1 aliphatic rings. The maximum absolute atomic E-state index is 8.98. The highest BCUT2D eigenvalue weighted by Gasteiger charge is 2.25. The largest absolute Gasteiger partial charge is 0.491 e. The Hall–Kier alpha value is -0.770. The number of halogens is 1. The molecule has 0 aromatic heterocycles. The molecule has 1 N–H and O–H groups in total. The molecular weight excluding hydrogens is 298 g/mol. The minimum atomic E-state index is 0. The van der Waals surface area contributed by atoms with Gasteiger partial charge >= 0.3 is 0 Å². The third-order valence-corrected chi connectivity index (χ3v) is 4.30. The Labute approximate surface area is 141 Å². The molecule has 0 saturated heterocycles. The maximum Gasteiger partial charge on any atom is 0.122 e. The molecule has 0 saturated carbocycles. The lowest BCUT2D eigenvalue weighted by Gasteiger charge is -2.35. The van der Waals surface area contributed by atoms with Crippen molar-refractivity contribution in [3.63, 3.8) is 0 Å². The topological polar surface area (TPSA) is 32.7 Å². The van der Waals surface area contributed by atoms with E-state index < -0.39 is 0 Å². The van der Waals surface area contributed by atoms with Crippen LogP contribution in [0.1, 0.15) is 44.2 Å². The van der Waals surface area contributed by atoms with Gasteiger partial charge in [0.05, 0.1) is 6.61 Å². The normalized spacial score (nSPS) is 17.0. The molecule has 0 heterocycles. The number of hydrogen-bond acceptors (Lipinski definition) is 3. The number of nitrogens with zero attached hydrogens (tertiary/aromatic N) is 1. The number of benzene rings is 1. The first-order chi connectivity index (χ1) is 10.3. The summed E-state index contributed by atoms with van der Waals surface area (Å²) in [5, 5.41) is 8.98. The van der Waals surface area contributed by atoms with Gasteiger partial charge < -0.3 is 14.7 Å². The van der Waals surface area contributed by atoms with Gasteiger partial charge in [-0.1, -0.05) is 26.0 Å². The number of fused-ring (bicyclic) bond motifs is 1. The van der Waals surface area contributed by atoms with Crippen LogP contribution in [0.25, 0.3) is 0 Å². The van der Waals surface area contributed by atoms with Crippen LogP contribution in [-0.4, -0.2) is 42.4 Å². The number of aryl methyl sites for hydroxylation is 1. The molecule has 3 nitrogen and oxygen atoms in total. The molecule has 0 aliphatic heterocycles. The Kier molecular flexibility index (Phi) is 8.84. The molecule has 0 spiro atoms. The molecule has 1 aliphatic carbocycles. The lowest BCUT2D eigenvalue weighted by atomic mass is 9.86. The smallest absolute Gasteiger partial charge is 0.122 e. The van der Waals surface area contributed by atoms with Gasteiger partial charge in [-0.3, -0.25) is 0 Å². The van der Waals surface area contributed by atoms with E-state index in [1.807, 2.05) is 6.07 Å². The van der Waals surface area contributed by atoms with Crippen molar-refractivity contribution in [3.05, 3.63) is 29.3 Å². The molecule has 0 fully saturated rings. The zero-order valence-corrected chi connectivity index (χ0v) is 14.7. The zero-order chi connectivity index (χ0) is 15.1. The fourth-order valence-corrected chi connectivity index (χ4v) is 3.39. The van der Waals surface area contributed by atoms with E-state index in [9.17, 15) is 0 Å². The Balaban J connectivity index is 0.00000242. The summed E-state index contributed by atoms with van der Waals surface area (Å²) in [6.07, 6.45) is 5.89. The van der Waals surface area contributed by atoms with Crippen LogP contribution in [-0.2, 0) is 12.8 Å². The summed E-state index contributed by atoms with van der Waals surface area (Å²) in [5.41, 5.74) is 2.79. The first-order valence-corrected chi connectivity index (χ1v) is 8.38. The van der Waals surface area contributed by atoms with E-state index in [-0.39, 0.29) is 19.0 Å². The van der Waals surface area contributed by atoms with Gasteiger partial charge in [0.2, 0.25) is 0 Å². The molecule has 126 valence electrons. The predicted molar refractivity (Wildman–Crippen MR) is 94.2 cm³/mol. The molecule has 0 radical (unpaired) electrons. The highest BCUT2D eigenvalue weighted by Crippen LogP contribution is 2.31. The summed E-state index contributed by atoms with van der Waals surface area (Å²) in [5.74, 6) is 0.971. The van der Waals surface area contributed by atoms with Crippen molar-refractivity contribution in [2.45, 2.75) is 52.0 Å². The van der Waals surface area contributed by atoms with Gasteiger partial charge in [-0.25, -0.2) is 0 Å². The highest BCUT2D eigenvalue weighted by atomic mass is 35.5. The third-order valence-electron chi connectivity index (χ3n) is 4.30. The minimum absolute atomic E-state index is 0. The summed E-state index contributed by atoms with van der Waals surface area (Å²) in [7, 11) is 0. The van der Waals surface area contributed by atoms with Crippen LogP contribution >= 0.6 is 12.4 Å². The first kappa shape index (κ1) is 19.3. The quantitative estimate of drug-likeness (QED) is 0.793. The third kappa shape index (κ3) is 4.87. The SMILES string of the molecule is CCCN(CCC)C1CCc2cccc(OCCO)c2C1.Cl. The number of ether oxygens (including phenoxy) is 1. The van der Waals surface area contributed by atoms with E-state index in [1.165, 1.54) is 43.5 Å². The van der Waals surface area contributed by atoms with E-state index in [4.69, 9.17) is 9.84 Å². The molecule has 1 atom stereocenters. The maximum atomic E-state index is 8.98. The molecule has 1 aromatic carbocycles. The van der Waals surface area contributed by atoms with Crippen molar-refractivity contribution in [2.75, 3.05) is 26.3 Å². The van der Waals surface area contributed by atoms with Crippen molar-refractivity contribution in [2.24, 2.45) is 0 Å². The van der Waals surface area contributed by atoms with Crippen LogP contribution in [0.3, 0.4) is 0 Å². The van der Waals surface area contributed by atoms with Gasteiger partial charge in [0.25, 0.3) is 0 Å². The number of aliphatic hydroxyl groups is 1. The molecule has 1 unspecified atom stereocenters. The fourth-order valence-electron chi connectivity index (χ4n) is 3.39. The molecule has 2 rings (SSSR count). The second-order valence-corrected chi connectivity index (χ2v) is 5.90. The standard InChI is InChI=1S/C18H29NO2.ClH/c1-3-10-19(11-4-2)16-9-8-15-6-5-7-18(17(15)14-16)21-13-12-20;/h5-7,16,20H,3-4,8-14H2,1-2H3;1H. The molecule has 0 bridgehead atoms. The van der Waals surface area contributed by atoms with Gasteiger partial charge in [-0.2, -0.15) is 0 Å². The van der Waals surface area contributed by atoms with E-state index in [2.05, 4.69) is 30.9 Å². The molecule has 22 heavy (non-hydrogen) atoms. The van der Waals surface area contributed by atoms with Crippen molar-refractivity contribution in [3.8, 4) is 5.75 Å². The van der Waals surface area contributed by atoms with Gasteiger partial charge in [-0.15, -0.1) is 12.4 Å². The van der Waals surface area contributed by atoms with E-state index in [1.54, 1.807) is 0 Å². The summed E-state index contributed by atoms with van der Waals surface area (Å²) in [6, 6.07) is 6.97. The van der Waals surface area contributed by atoms with Gasteiger partial charge in [-0.05, 0) is 62.4 Å². The molecular formula is C18H30ClNO2. The van der Waals surface area contributed by atoms with Crippen LogP contribution in [0.4, 0.5) is 0 Å². The van der Waals surface area contributed by atoms with Crippen molar-refractivity contribution in [1.29, 1.82) is 0 Å². The summed E-state index contributed by atoms with van der Waals surface area (Å²) < 4.78 is 5.73. The van der Waals surface area contributed by atoms with Crippen molar-refractivity contribution < 1.29 is 9.84 Å². The summed E-state index contributed by atoms with van der Waals surface area (Å²) in [4.78, 5) is 2.64. The second-order valence-electron chi connectivity index (χ2n) is 5.90. The fraction of sp³-hybridized carbons (Fsp3) is 0.667. The van der Waals surface area contributed by atoms with Crippen LogP contribution in [0.15, 0.2) is 18.2 Å². The van der Waals surface area contributed by atoms with Gasteiger partial charge in [0, 0.05) is 6.04 Å². The summed E-state index contributed by atoms with van der Waals surface area (Å²) >= 11 is 0. The average Bonchev–Trinajstić information content (AvgIpc) is 2.52. The molecule has 0 amide bonds. The van der Waals surface area contributed by atoms with Crippen LogP contribution in [0, 0.1) is 0 Å². The number of rotatable bonds is 8. The number of hydrogen-bond donors (Lipinski definition) is 1. The average molecular weight is 328 g/mol. The van der Waals surface area contributed by atoms with Crippen molar-refractivity contribution >= 4 is 12.4 Å². The molecule has 4 heteroatoms. The van der Waals surface area contributed by atoms with Crippen molar-refractivity contribution in [1.82, 2.24) is 4.90 Å². The Morgan fingerprint density at radius 3 is 2.59 bits per heavy atom. The molecule has 1 aromatic rings. The van der Waals surface area contributed by atoms with Gasteiger partial charge in [0.1, 0.15) is 12.4 Å². The number of aliphatic hydroxyl groups excluding tert-OH is 1. The first-order valence-electron chi connectivity index (χ1n) is 8.38.